The molecule has 0 aliphatic carbocycles. The first-order chi connectivity index (χ1) is 11.5. The lowest BCUT2D eigenvalue weighted by molar-refractivity contribution is 0.153. The van der Waals surface area contributed by atoms with Crippen molar-refractivity contribution in [3.63, 3.8) is 0 Å². The van der Waals surface area contributed by atoms with E-state index in [-0.39, 0.29) is 17.5 Å². The molecule has 2 aliphatic rings. The molecule has 3 rings (SSSR count). The first-order valence-corrected chi connectivity index (χ1v) is 10.0. The molecule has 2 atom stereocenters. The lowest BCUT2D eigenvalue weighted by Gasteiger charge is -2.32. The minimum Gasteiger partial charge on any atom is -0.395 e. The molecule has 1 aromatic rings. The Morgan fingerprint density at radius 2 is 2.00 bits per heavy atom. The van der Waals surface area contributed by atoms with Crippen molar-refractivity contribution in [3.05, 3.63) is 18.3 Å². The molecule has 0 radical (unpaired) electrons. The first-order valence-electron chi connectivity index (χ1n) is 8.56. The normalized spacial score (nSPS) is 25.5. The second-order valence-corrected chi connectivity index (χ2v) is 8.41. The summed E-state index contributed by atoms with van der Waals surface area (Å²) in [5.74, 6) is 0.826. The second-order valence-electron chi connectivity index (χ2n) is 6.52. The van der Waals surface area contributed by atoms with E-state index in [4.69, 9.17) is 0 Å². The van der Waals surface area contributed by atoms with Crippen LogP contribution in [0.2, 0.25) is 0 Å². The highest BCUT2D eigenvalue weighted by Gasteiger charge is 2.31. The molecule has 0 aromatic carbocycles. The topological polar surface area (TPSA) is 85.8 Å². The van der Waals surface area contributed by atoms with Crippen molar-refractivity contribution in [2.75, 3.05) is 38.2 Å². The minimum absolute atomic E-state index is 0.185. The number of sulfonamides is 1. The van der Waals surface area contributed by atoms with Crippen molar-refractivity contribution in [1.82, 2.24) is 14.6 Å². The van der Waals surface area contributed by atoms with Crippen molar-refractivity contribution >= 4 is 15.8 Å². The monoisotopic (exact) mass is 354 g/mol. The number of aliphatic hydroxyl groups excluding tert-OH is 1. The number of aliphatic hydroxyl groups is 1. The molecule has 8 heteroatoms. The van der Waals surface area contributed by atoms with E-state index in [9.17, 15) is 13.5 Å². The summed E-state index contributed by atoms with van der Waals surface area (Å²) in [6.45, 7) is 3.14. The van der Waals surface area contributed by atoms with Gasteiger partial charge < -0.3 is 10.0 Å². The standard InChI is InChI=1S/C16H26N4O3S/c1-17-24(22,23)15-6-7-16(18-10-15)20-9-3-4-13(20)11-19-8-2-5-14(19)12-21/h6-7,10,13-14,17,21H,2-5,8-9,11-12H2,1H3. The zero-order valence-electron chi connectivity index (χ0n) is 14.1. The van der Waals surface area contributed by atoms with E-state index < -0.39 is 10.0 Å². The van der Waals surface area contributed by atoms with Crippen LogP contribution in [0.4, 0.5) is 5.82 Å². The second kappa shape index (κ2) is 7.35. The number of rotatable bonds is 6. The molecule has 134 valence electrons. The highest BCUT2D eigenvalue weighted by Crippen LogP contribution is 2.27. The summed E-state index contributed by atoms with van der Waals surface area (Å²) in [5.41, 5.74) is 0. The van der Waals surface area contributed by atoms with Gasteiger partial charge >= 0.3 is 0 Å². The Hall–Kier alpha value is -1.22. The summed E-state index contributed by atoms with van der Waals surface area (Å²) in [6, 6.07) is 4.05. The van der Waals surface area contributed by atoms with Crippen molar-refractivity contribution < 1.29 is 13.5 Å². The molecule has 3 heterocycles. The predicted octanol–water partition coefficient (Wildman–Crippen LogP) is 0.415. The molecule has 0 spiro atoms. The van der Waals surface area contributed by atoms with E-state index in [1.165, 1.54) is 13.2 Å². The predicted molar refractivity (Wildman–Crippen MR) is 92.5 cm³/mol. The van der Waals surface area contributed by atoms with Gasteiger partial charge in [0.15, 0.2) is 0 Å². The van der Waals surface area contributed by atoms with Crippen LogP contribution in [-0.2, 0) is 10.0 Å². The van der Waals surface area contributed by atoms with Crippen molar-refractivity contribution in [2.45, 2.75) is 42.7 Å². The van der Waals surface area contributed by atoms with E-state index >= 15 is 0 Å². The van der Waals surface area contributed by atoms with Crippen LogP contribution >= 0.6 is 0 Å². The number of nitrogens with zero attached hydrogens (tertiary/aromatic N) is 3. The van der Waals surface area contributed by atoms with Gasteiger partial charge in [-0.2, -0.15) is 0 Å². The van der Waals surface area contributed by atoms with Crippen molar-refractivity contribution in [2.24, 2.45) is 0 Å². The van der Waals surface area contributed by atoms with E-state index in [2.05, 4.69) is 19.5 Å². The Morgan fingerprint density at radius 3 is 2.67 bits per heavy atom. The highest BCUT2D eigenvalue weighted by molar-refractivity contribution is 7.89. The summed E-state index contributed by atoms with van der Waals surface area (Å²) in [4.78, 5) is 9.21. The first kappa shape index (κ1) is 17.6. The Labute approximate surface area is 143 Å². The molecule has 0 bridgehead atoms. The van der Waals surface area contributed by atoms with Gasteiger partial charge in [0, 0.05) is 31.4 Å². The third kappa shape index (κ3) is 3.56. The largest absolute Gasteiger partial charge is 0.395 e. The molecular formula is C16H26N4O3S. The highest BCUT2D eigenvalue weighted by atomic mass is 32.2. The third-order valence-corrected chi connectivity index (χ3v) is 6.53. The van der Waals surface area contributed by atoms with Gasteiger partial charge in [-0.15, -0.1) is 0 Å². The number of pyridine rings is 1. The lowest BCUT2D eigenvalue weighted by Crippen LogP contribution is -2.43. The van der Waals surface area contributed by atoms with Gasteiger partial charge in [0.25, 0.3) is 0 Å². The maximum atomic E-state index is 11.8. The van der Waals surface area contributed by atoms with Crippen molar-refractivity contribution in [3.8, 4) is 0 Å². The molecule has 1 aromatic heterocycles. The van der Waals surface area contributed by atoms with Crippen molar-refractivity contribution in [1.29, 1.82) is 0 Å². The lowest BCUT2D eigenvalue weighted by atomic mass is 10.2. The van der Waals surface area contributed by atoms with Gasteiger partial charge in [-0.05, 0) is 51.4 Å². The molecule has 2 aliphatic heterocycles. The zero-order chi connectivity index (χ0) is 17.2. The maximum Gasteiger partial charge on any atom is 0.241 e. The molecular weight excluding hydrogens is 328 g/mol. The van der Waals surface area contributed by atoms with E-state index in [1.807, 2.05) is 0 Å². The molecule has 2 N–H and O–H groups in total. The average Bonchev–Trinajstić information content (AvgIpc) is 3.24. The Morgan fingerprint density at radius 1 is 1.25 bits per heavy atom. The third-order valence-electron chi connectivity index (χ3n) is 5.13. The Balaban J connectivity index is 1.71. The summed E-state index contributed by atoms with van der Waals surface area (Å²) >= 11 is 0. The number of likely N-dealkylation sites (tertiary alicyclic amines) is 1. The molecule has 0 saturated carbocycles. The quantitative estimate of drug-likeness (QED) is 0.770. The van der Waals surface area contributed by atoms with Crippen LogP contribution in [0, 0.1) is 0 Å². The summed E-state index contributed by atoms with van der Waals surface area (Å²) in [6.07, 6.45) is 5.85. The molecule has 7 nitrogen and oxygen atoms in total. The summed E-state index contributed by atoms with van der Waals surface area (Å²) < 4.78 is 25.9. The average molecular weight is 354 g/mol. The van der Waals surface area contributed by atoms with E-state index in [0.717, 1.165) is 51.1 Å². The summed E-state index contributed by atoms with van der Waals surface area (Å²) in [7, 11) is -2.05. The molecule has 2 fully saturated rings. The van der Waals surface area contributed by atoms with Crippen LogP contribution in [0.15, 0.2) is 23.2 Å². The van der Waals surface area contributed by atoms with Crippen LogP contribution in [0.25, 0.3) is 0 Å². The van der Waals surface area contributed by atoms with Gasteiger partial charge in [-0.25, -0.2) is 18.1 Å². The minimum atomic E-state index is -3.45. The maximum absolute atomic E-state index is 11.8. The van der Waals surface area contributed by atoms with Gasteiger partial charge in [-0.3, -0.25) is 4.90 Å². The fourth-order valence-electron chi connectivity index (χ4n) is 3.76. The van der Waals surface area contributed by atoms with Gasteiger partial charge in [0.1, 0.15) is 10.7 Å². The molecule has 2 unspecified atom stereocenters. The van der Waals surface area contributed by atoms with Gasteiger partial charge in [0.05, 0.1) is 6.61 Å². The van der Waals surface area contributed by atoms with E-state index in [0.29, 0.717) is 6.04 Å². The van der Waals surface area contributed by atoms with Gasteiger partial charge in [0.2, 0.25) is 10.0 Å². The number of hydrogen-bond donors (Lipinski definition) is 2. The van der Waals surface area contributed by atoms with Gasteiger partial charge in [-0.1, -0.05) is 0 Å². The SMILES string of the molecule is CNS(=O)(=O)c1ccc(N2CCCC2CN2CCCC2CO)nc1. The number of nitrogens with one attached hydrogen (secondary N) is 1. The smallest absolute Gasteiger partial charge is 0.241 e. The Kier molecular flexibility index (Phi) is 5.39. The van der Waals surface area contributed by atoms with Crippen LogP contribution in [0.5, 0.6) is 0 Å². The fraction of sp³-hybridized carbons (Fsp3) is 0.688. The number of anilines is 1. The van der Waals surface area contributed by atoms with Crippen LogP contribution in [0.1, 0.15) is 25.7 Å². The summed E-state index contributed by atoms with van der Waals surface area (Å²) in [5, 5.41) is 9.49. The number of hydrogen-bond acceptors (Lipinski definition) is 6. The van der Waals surface area contributed by atoms with E-state index in [1.54, 1.807) is 12.1 Å². The van der Waals surface area contributed by atoms with Crippen LogP contribution in [0.3, 0.4) is 0 Å². The zero-order valence-corrected chi connectivity index (χ0v) is 14.9. The number of aromatic nitrogens is 1. The van der Waals surface area contributed by atoms with Crippen LogP contribution < -0.4 is 9.62 Å². The molecule has 2 saturated heterocycles. The molecule has 24 heavy (non-hydrogen) atoms. The van der Waals surface area contributed by atoms with Crippen LogP contribution in [-0.4, -0.2) is 68.8 Å². The Bertz CT molecular complexity index is 650. The fourth-order valence-corrected chi connectivity index (χ4v) is 4.43. The molecule has 0 amide bonds.